The fourth-order valence-electron chi connectivity index (χ4n) is 2.75. The van der Waals surface area contributed by atoms with Crippen molar-refractivity contribution in [2.24, 2.45) is 5.41 Å². The normalized spacial score (nSPS) is 15.2. The SMILES string of the molecule is FC(F)C1(COc2ccc3c(Nc4ccc(Cl)nc4)nccc3c2)CC1. The number of aromatic nitrogens is 2. The van der Waals surface area contributed by atoms with E-state index in [2.05, 4.69) is 15.3 Å². The molecular formula is C19H16ClF2N3O. The van der Waals surface area contributed by atoms with Crippen LogP contribution in [-0.4, -0.2) is 23.0 Å². The third-order valence-electron chi connectivity index (χ3n) is 4.61. The zero-order valence-corrected chi connectivity index (χ0v) is 14.5. The quantitative estimate of drug-likeness (QED) is 0.582. The van der Waals surface area contributed by atoms with Gasteiger partial charge in [-0.2, -0.15) is 0 Å². The second-order valence-corrected chi connectivity index (χ2v) is 6.88. The predicted molar refractivity (Wildman–Crippen MR) is 97.4 cm³/mol. The van der Waals surface area contributed by atoms with Crippen molar-refractivity contribution in [2.75, 3.05) is 11.9 Å². The first-order valence-corrected chi connectivity index (χ1v) is 8.62. The molecule has 134 valence electrons. The van der Waals surface area contributed by atoms with Crippen molar-refractivity contribution in [1.29, 1.82) is 0 Å². The lowest BCUT2D eigenvalue weighted by Gasteiger charge is -2.16. The van der Waals surface area contributed by atoms with Crippen LogP contribution in [-0.2, 0) is 0 Å². The number of nitrogens with one attached hydrogen (secondary N) is 1. The Hall–Kier alpha value is -2.47. The summed E-state index contributed by atoms with van der Waals surface area (Å²) in [6.07, 6.45) is 2.01. The summed E-state index contributed by atoms with van der Waals surface area (Å²) in [5.41, 5.74) is -0.191. The number of rotatable bonds is 6. The van der Waals surface area contributed by atoms with E-state index in [1.165, 1.54) is 0 Å². The molecule has 7 heteroatoms. The number of fused-ring (bicyclic) bond motifs is 1. The number of hydrogen-bond donors (Lipinski definition) is 1. The summed E-state index contributed by atoms with van der Waals surface area (Å²) in [7, 11) is 0. The molecule has 0 unspecified atom stereocenters. The fraction of sp³-hybridized carbons (Fsp3) is 0.263. The first-order valence-electron chi connectivity index (χ1n) is 8.24. The molecule has 0 aliphatic heterocycles. The highest BCUT2D eigenvalue weighted by Gasteiger charge is 2.51. The van der Waals surface area contributed by atoms with Crippen LogP contribution in [0.4, 0.5) is 20.3 Å². The molecule has 4 nitrogen and oxygen atoms in total. The molecule has 26 heavy (non-hydrogen) atoms. The van der Waals surface area contributed by atoms with Crippen LogP contribution in [0.15, 0.2) is 48.8 Å². The molecule has 1 aromatic carbocycles. The minimum Gasteiger partial charge on any atom is -0.493 e. The van der Waals surface area contributed by atoms with Crippen LogP contribution in [0.3, 0.4) is 0 Å². The summed E-state index contributed by atoms with van der Waals surface area (Å²) in [5.74, 6) is 1.25. The monoisotopic (exact) mass is 375 g/mol. The van der Waals surface area contributed by atoms with Crippen molar-refractivity contribution < 1.29 is 13.5 Å². The molecule has 1 aliphatic rings. The van der Waals surface area contributed by atoms with Crippen LogP contribution in [0, 0.1) is 5.41 Å². The van der Waals surface area contributed by atoms with Gasteiger partial charge >= 0.3 is 0 Å². The number of alkyl halides is 2. The lowest BCUT2D eigenvalue weighted by Crippen LogP contribution is -2.21. The third kappa shape index (κ3) is 3.42. The molecule has 0 spiro atoms. The van der Waals surface area contributed by atoms with E-state index in [1.54, 1.807) is 24.5 Å². The molecule has 3 aromatic rings. The van der Waals surface area contributed by atoms with Gasteiger partial charge < -0.3 is 10.1 Å². The van der Waals surface area contributed by atoms with Gasteiger partial charge in [0.15, 0.2) is 0 Å². The maximum atomic E-state index is 13.0. The van der Waals surface area contributed by atoms with E-state index in [1.807, 2.05) is 24.3 Å². The van der Waals surface area contributed by atoms with Gasteiger partial charge in [0.1, 0.15) is 16.7 Å². The second-order valence-electron chi connectivity index (χ2n) is 6.49. The van der Waals surface area contributed by atoms with Crippen molar-refractivity contribution in [1.82, 2.24) is 9.97 Å². The van der Waals surface area contributed by atoms with Gasteiger partial charge in [-0.1, -0.05) is 11.6 Å². The zero-order valence-electron chi connectivity index (χ0n) is 13.8. The number of halogens is 3. The Morgan fingerprint density at radius 1 is 1.15 bits per heavy atom. The minimum atomic E-state index is -2.34. The van der Waals surface area contributed by atoms with E-state index in [0.717, 1.165) is 16.5 Å². The van der Waals surface area contributed by atoms with E-state index in [9.17, 15) is 8.78 Å². The number of benzene rings is 1. The molecule has 2 heterocycles. The third-order valence-corrected chi connectivity index (χ3v) is 4.83. The van der Waals surface area contributed by atoms with E-state index in [4.69, 9.17) is 16.3 Å². The van der Waals surface area contributed by atoms with E-state index < -0.39 is 11.8 Å². The van der Waals surface area contributed by atoms with Crippen LogP contribution >= 0.6 is 11.6 Å². The molecular weight excluding hydrogens is 360 g/mol. The second kappa shape index (κ2) is 6.68. The number of hydrogen-bond acceptors (Lipinski definition) is 4. The summed E-state index contributed by atoms with van der Waals surface area (Å²) < 4.78 is 31.6. The lowest BCUT2D eigenvalue weighted by molar-refractivity contribution is 0.0316. The number of anilines is 2. The topological polar surface area (TPSA) is 47.0 Å². The predicted octanol–water partition coefficient (Wildman–Crippen LogP) is 5.45. The van der Waals surface area contributed by atoms with Crippen LogP contribution in [0.5, 0.6) is 5.75 Å². The van der Waals surface area contributed by atoms with Gasteiger partial charge in [-0.3, -0.25) is 0 Å². The maximum Gasteiger partial charge on any atom is 0.247 e. The summed E-state index contributed by atoms with van der Waals surface area (Å²) in [4.78, 5) is 8.39. The van der Waals surface area contributed by atoms with E-state index in [0.29, 0.717) is 29.6 Å². The average molecular weight is 376 g/mol. The summed E-state index contributed by atoms with van der Waals surface area (Å²) in [6.45, 7) is 0.0445. The fourth-order valence-corrected chi connectivity index (χ4v) is 2.86. The zero-order chi connectivity index (χ0) is 18.1. The van der Waals surface area contributed by atoms with Gasteiger partial charge in [0, 0.05) is 11.6 Å². The van der Waals surface area contributed by atoms with Crippen LogP contribution < -0.4 is 10.1 Å². The molecule has 1 aliphatic carbocycles. The molecule has 0 saturated heterocycles. The van der Waals surface area contributed by atoms with Gasteiger partial charge in [-0.15, -0.1) is 0 Å². The molecule has 0 amide bonds. The van der Waals surface area contributed by atoms with Gasteiger partial charge in [0.05, 0.1) is 23.9 Å². The molecule has 0 radical (unpaired) electrons. The molecule has 2 aromatic heterocycles. The highest BCUT2D eigenvalue weighted by atomic mass is 35.5. The number of nitrogens with zero attached hydrogens (tertiary/aromatic N) is 2. The largest absolute Gasteiger partial charge is 0.493 e. The highest BCUT2D eigenvalue weighted by Crippen LogP contribution is 2.50. The summed E-state index contributed by atoms with van der Waals surface area (Å²) in [6, 6.07) is 10.8. The first-order chi connectivity index (χ1) is 12.6. The Morgan fingerprint density at radius 3 is 2.69 bits per heavy atom. The summed E-state index contributed by atoms with van der Waals surface area (Å²) in [5, 5.41) is 5.42. The van der Waals surface area contributed by atoms with Gasteiger partial charge in [-0.05, 0) is 54.6 Å². The molecule has 0 bridgehead atoms. The Morgan fingerprint density at radius 2 is 2.00 bits per heavy atom. The van der Waals surface area contributed by atoms with Gasteiger partial charge in [0.25, 0.3) is 0 Å². The standard InChI is InChI=1S/C19H16ClF2N3O/c20-16-4-1-13(10-24-16)25-17-15-3-2-14(9-12(15)5-8-23-17)26-11-19(6-7-19)18(21)22/h1-5,8-10,18H,6-7,11H2,(H,23,25). The maximum absolute atomic E-state index is 13.0. The number of pyridine rings is 2. The first kappa shape index (κ1) is 17.0. The number of ether oxygens (including phenoxy) is 1. The molecule has 0 atom stereocenters. The van der Waals surface area contributed by atoms with E-state index >= 15 is 0 Å². The van der Waals surface area contributed by atoms with Crippen molar-refractivity contribution in [3.05, 3.63) is 53.9 Å². The minimum absolute atomic E-state index is 0.0445. The van der Waals surface area contributed by atoms with Crippen LogP contribution in [0.2, 0.25) is 5.15 Å². The Bertz CT molecular complexity index is 930. The molecule has 1 N–H and O–H groups in total. The van der Waals surface area contributed by atoms with Crippen molar-refractivity contribution in [3.63, 3.8) is 0 Å². The van der Waals surface area contributed by atoms with Crippen molar-refractivity contribution in [3.8, 4) is 5.75 Å². The average Bonchev–Trinajstić information content (AvgIpc) is 3.43. The molecule has 1 fully saturated rings. The van der Waals surface area contributed by atoms with Crippen molar-refractivity contribution >= 4 is 33.9 Å². The van der Waals surface area contributed by atoms with Gasteiger partial charge in [-0.25, -0.2) is 18.7 Å². The Kier molecular flexibility index (Phi) is 4.36. The smallest absolute Gasteiger partial charge is 0.247 e. The lowest BCUT2D eigenvalue weighted by atomic mass is 10.1. The van der Waals surface area contributed by atoms with Crippen LogP contribution in [0.1, 0.15) is 12.8 Å². The van der Waals surface area contributed by atoms with Crippen LogP contribution in [0.25, 0.3) is 10.8 Å². The Balaban J connectivity index is 1.54. The Labute approximate surface area is 154 Å². The molecule has 4 rings (SSSR count). The summed E-state index contributed by atoms with van der Waals surface area (Å²) >= 11 is 5.80. The van der Waals surface area contributed by atoms with E-state index in [-0.39, 0.29) is 6.61 Å². The van der Waals surface area contributed by atoms with Gasteiger partial charge in [0.2, 0.25) is 6.43 Å². The molecule has 1 saturated carbocycles. The van der Waals surface area contributed by atoms with Crippen molar-refractivity contribution in [2.45, 2.75) is 19.3 Å². The highest BCUT2D eigenvalue weighted by molar-refractivity contribution is 6.29.